The minimum Gasteiger partial charge on any atom is -0.444 e. The van der Waals surface area contributed by atoms with Crippen molar-refractivity contribution >= 4 is 6.09 Å². The maximum absolute atomic E-state index is 11.9. The van der Waals surface area contributed by atoms with Crippen LogP contribution in [0.5, 0.6) is 0 Å². The van der Waals surface area contributed by atoms with Crippen LogP contribution >= 0.6 is 0 Å². The zero-order valence-corrected chi connectivity index (χ0v) is 10.5. The van der Waals surface area contributed by atoms with E-state index in [1.807, 2.05) is 25.7 Å². The lowest BCUT2D eigenvalue weighted by molar-refractivity contribution is 0.0261. The largest absolute Gasteiger partial charge is 0.444 e. The Morgan fingerprint density at radius 2 is 1.94 bits per heavy atom. The second-order valence-corrected chi connectivity index (χ2v) is 5.92. The standard InChI is InChI=1S/C12H22N2O2/c1-11(2,3)16-10(15)14-8-6-12(4-5-12)13-7-9-14/h13H,4-9H2,1-3H3. The van der Waals surface area contributed by atoms with Gasteiger partial charge in [0, 0.05) is 25.2 Å². The molecule has 1 heterocycles. The number of ether oxygens (including phenoxy) is 1. The van der Waals surface area contributed by atoms with Crippen LogP contribution in [-0.2, 0) is 4.74 Å². The van der Waals surface area contributed by atoms with Gasteiger partial charge in [0.05, 0.1) is 0 Å². The Bertz CT molecular complexity index is 279. The SMILES string of the molecule is CC(C)(C)OC(=O)N1CCNC2(CC1)CC2. The van der Waals surface area contributed by atoms with Gasteiger partial charge in [-0.2, -0.15) is 0 Å². The van der Waals surface area contributed by atoms with E-state index in [0.717, 1.165) is 26.1 Å². The molecule has 1 saturated carbocycles. The lowest BCUT2D eigenvalue weighted by atomic mass is 10.2. The van der Waals surface area contributed by atoms with Gasteiger partial charge in [0.2, 0.25) is 0 Å². The molecule has 92 valence electrons. The van der Waals surface area contributed by atoms with Gasteiger partial charge in [-0.1, -0.05) is 0 Å². The van der Waals surface area contributed by atoms with Crippen LogP contribution in [0.15, 0.2) is 0 Å². The first kappa shape index (κ1) is 11.7. The molecule has 1 aliphatic heterocycles. The lowest BCUT2D eigenvalue weighted by Crippen LogP contribution is -2.38. The minimum absolute atomic E-state index is 0.174. The fourth-order valence-electron chi connectivity index (χ4n) is 2.09. The first-order chi connectivity index (χ1) is 7.40. The molecule has 1 aliphatic carbocycles. The summed E-state index contributed by atoms with van der Waals surface area (Å²) in [6, 6.07) is 0. The van der Waals surface area contributed by atoms with E-state index in [-0.39, 0.29) is 6.09 Å². The van der Waals surface area contributed by atoms with E-state index in [4.69, 9.17) is 4.74 Å². The van der Waals surface area contributed by atoms with Gasteiger partial charge < -0.3 is 15.0 Å². The number of nitrogens with zero attached hydrogens (tertiary/aromatic N) is 1. The van der Waals surface area contributed by atoms with Crippen LogP contribution in [0.1, 0.15) is 40.0 Å². The molecule has 1 amide bonds. The summed E-state index contributed by atoms with van der Waals surface area (Å²) in [5.74, 6) is 0. The molecule has 0 aromatic rings. The van der Waals surface area contributed by atoms with E-state index in [9.17, 15) is 4.79 Å². The molecule has 4 heteroatoms. The third-order valence-electron chi connectivity index (χ3n) is 3.25. The molecule has 2 aliphatic rings. The Morgan fingerprint density at radius 1 is 1.25 bits per heavy atom. The Labute approximate surface area is 97.3 Å². The number of carbonyl (C=O) groups excluding carboxylic acids is 1. The fourth-order valence-corrected chi connectivity index (χ4v) is 2.09. The fraction of sp³-hybridized carbons (Fsp3) is 0.917. The van der Waals surface area contributed by atoms with Crippen molar-refractivity contribution < 1.29 is 9.53 Å². The van der Waals surface area contributed by atoms with Gasteiger partial charge in [0.15, 0.2) is 0 Å². The Kier molecular flexibility index (Phi) is 2.86. The highest BCUT2D eigenvalue weighted by Gasteiger charge is 2.43. The highest BCUT2D eigenvalue weighted by molar-refractivity contribution is 5.68. The van der Waals surface area contributed by atoms with Gasteiger partial charge in [-0.25, -0.2) is 4.79 Å². The van der Waals surface area contributed by atoms with Crippen LogP contribution in [0.2, 0.25) is 0 Å². The molecule has 2 fully saturated rings. The zero-order valence-electron chi connectivity index (χ0n) is 10.5. The van der Waals surface area contributed by atoms with Crippen molar-refractivity contribution in [1.82, 2.24) is 10.2 Å². The first-order valence-electron chi connectivity index (χ1n) is 6.13. The van der Waals surface area contributed by atoms with Crippen molar-refractivity contribution in [3.05, 3.63) is 0 Å². The lowest BCUT2D eigenvalue weighted by Gasteiger charge is -2.26. The molecule has 0 radical (unpaired) electrons. The Morgan fingerprint density at radius 3 is 2.50 bits per heavy atom. The predicted octanol–water partition coefficient (Wildman–Crippen LogP) is 1.75. The second kappa shape index (κ2) is 3.91. The van der Waals surface area contributed by atoms with Gasteiger partial charge in [-0.3, -0.25) is 0 Å². The number of hydrogen-bond acceptors (Lipinski definition) is 3. The van der Waals surface area contributed by atoms with E-state index in [1.165, 1.54) is 12.8 Å². The molecule has 2 rings (SSSR count). The third kappa shape index (κ3) is 2.88. The van der Waals surface area contributed by atoms with Crippen LogP contribution < -0.4 is 5.32 Å². The van der Waals surface area contributed by atoms with E-state index in [0.29, 0.717) is 5.54 Å². The number of carbonyl (C=O) groups is 1. The number of amides is 1. The van der Waals surface area contributed by atoms with E-state index >= 15 is 0 Å². The molecule has 1 spiro atoms. The van der Waals surface area contributed by atoms with Crippen molar-refractivity contribution in [2.24, 2.45) is 0 Å². The van der Waals surface area contributed by atoms with Crippen molar-refractivity contribution in [2.45, 2.75) is 51.2 Å². The molecule has 0 unspecified atom stereocenters. The first-order valence-corrected chi connectivity index (χ1v) is 6.13. The molecule has 1 saturated heterocycles. The molecular formula is C12H22N2O2. The van der Waals surface area contributed by atoms with Gasteiger partial charge in [-0.05, 0) is 40.0 Å². The van der Waals surface area contributed by atoms with Crippen LogP contribution in [0, 0.1) is 0 Å². The van der Waals surface area contributed by atoms with E-state index in [2.05, 4.69) is 5.32 Å². The molecule has 16 heavy (non-hydrogen) atoms. The van der Waals surface area contributed by atoms with Crippen molar-refractivity contribution in [3.63, 3.8) is 0 Å². The summed E-state index contributed by atoms with van der Waals surface area (Å²) in [6.45, 7) is 8.19. The quantitative estimate of drug-likeness (QED) is 0.684. The summed E-state index contributed by atoms with van der Waals surface area (Å²) in [7, 11) is 0. The summed E-state index contributed by atoms with van der Waals surface area (Å²) in [5.41, 5.74) is -0.0369. The summed E-state index contributed by atoms with van der Waals surface area (Å²) in [5, 5.41) is 3.53. The molecule has 1 N–H and O–H groups in total. The van der Waals surface area contributed by atoms with Crippen LogP contribution in [0.25, 0.3) is 0 Å². The summed E-state index contributed by atoms with van der Waals surface area (Å²) in [4.78, 5) is 13.7. The topological polar surface area (TPSA) is 41.6 Å². The molecule has 0 bridgehead atoms. The van der Waals surface area contributed by atoms with E-state index < -0.39 is 5.60 Å². The average molecular weight is 226 g/mol. The van der Waals surface area contributed by atoms with E-state index in [1.54, 1.807) is 0 Å². The normalized spacial score (nSPS) is 24.1. The monoisotopic (exact) mass is 226 g/mol. The zero-order chi connectivity index (χ0) is 11.8. The molecule has 4 nitrogen and oxygen atoms in total. The van der Waals surface area contributed by atoms with Gasteiger partial charge in [-0.15, -0.1) is 0 Å². The minimum atomic E-state index is -0.395. The van der Waals surface area contributed by atoms with Gasteiger partial charge >= 0.3 is 6.09 Å². The summed E-state index contributed by atoms with van der Waals surface area (Å²) < 4.78 is 5.38. The summed E-state index contributed by atoms with van der Waals surface area (Å²) in [6.07, 6.45) is 3.41. The predicted molar refractivity (Wildman–Crippen MR) is 62.4 cm³/mol. The molecular weight excluding hydrogens is 204 g/mol. The highest BCUT2D eigenvalue weighted by Crippen LogP contribution is 2.39. The maximum atomic E-state index is 11.9. The number of hydrogen-bond donors (Lipinski definition) is 1. The van der Waals surface area contributed by atoms with Crippen LogP contribution in [0.4, 0.5) is 4.79 Å². The third-order valence-corrected chi connectivity index (χ3v) is 3.25. The average Bonchev–Trinajstić information content (AvgIpc) is 2.92. The van der Waals surface area contributed by atoms with Gasteiger partial charge in [0.1, 0.15) is 5.60 Å². The van der Waals surface area contributed by atoms with Crippen molar-refractivity contribution in [1.29, 1.82) is 0 Å². The van der Waals surface area contributed by atoms with Crippen molar-refractivity contribution in [3.8, 4) is 0 Å². The smallest absolute Gasteiger partial charge is 0.410 e. The van der Waals surface area contributed by atoms with Crippen molar-refractivity contribution in [2.75, 3.05) is 19.6 Å². The van der Waals surface area contributed by atoms with Gasteiger partial charge in [0.25, 0.3) is 0 Å². The van der Waals surface area contributed by atoms with Crippen LogP contribution in [-0.4, -0.2) is 41.8 Å². The molecule has 0 atom stereocenters. The Balaban J connectivity index is 1.87. The molecule has 0 aromatic heterocycles. The number of rotatable bonds is 0. The molecule has 0 aromatic carbocycles. The second-order valence-electron chi connectivity index (χ2n) is 5.92. The van der Waals surface area contributed by atoms with Crippen LogP contribution in [0.3, 0.4) is 0 Å². The maximum Gasteiger partial charge on any atom is 0.410 e. The Hall–Kier alpha value is -0.770. The summed E-state index contributed by atoms with van der Waals surface area (Å²) >= 11 is 0. The number of nitrogens with one attached hydrogen (secondary N) is 1. The highest BCUT2D eigenvalue weighted by atomic mass is 16.6.